The third-order valence-electron chi connectivity index (χ3n) is 4.12. The van der Waals surface area contributed by atoms with Gasteiger partial charge in [0.25, 0.3) is 0 Å². The monoisotopic (exact) mass is 314 g/mol. The zero-order valence-corrected chi connectivity index (χ0v) is 12.9. The number of hydrogen-bond acceptors (Lipinski definition) is 5. The second-order valence-corrected chi connectivity index (χ2v) is 5.88. The third kappa shape index (κ3) is 3.57. The quantitative estimate of drug-likeness (QED) is 0.733. The highest BCUT2D eigenvalue weighted by molar-refractivity contribution is 5.66. The lowest BCUT2D eigenvalue weighted by atomic mass is 10.0. The summed E-state index contributed by atoms with van der Waals surface area (Å²) in [6, 6.07) is 15.7. The molecular formula is C18H22N2O3. The number of rotatable bonds is 5. The molecule has 0 aromatic heterocycles. The fourth-order valence-corrected chi connectivity index (χ4v) is 2.93. The molecule has 23 heavy (non-hydrogen) atoms. The van der Waals surface area contributed by atoms with Crippen LogP contribution in [0.1, 0.15) is 12.0 Å². The standard InChI is InChI=1S/C18H22N2O3/c19-14-6-7-18-17(8-14)20(10-13-4-2-1-3-5-13)15(12-23-18)9-16(22)11-21/h1-8,15-16,21-22H,9-12,19H2. The van der Waals surface area contributed by atoms with Gasteiger partial charge in [0, 0.05) is 12.2 Å². The summed E-state index contributed by atoms with van der Waals surface area (Å²) in [4.78, 5) is 2.20. The first-order chi connectivity index (χ1) is 11.2. The molecule has 4 N–H and O–H groups in total. The van der Waals surface area contributed by atoms with E-state index in [4.69, 9.17) is 15.6 Å². The van der Waals surface area contributed by atoms with Crippen LogP contribution in [0.3, 0.4) is 0 Å². The van der Waals surface area contributed by atoms with Crippen molar-refractivity contribution in [2.45, 2.75) is 25.1 Å². The van der Waals surface area contributed by atoms with E-state index in [2.05, 4.69) is 17.0 Å². The minimum absolute atomic E-state index is 0.0216. The van der Waals surface area contributed by atoms with Gasteiger partial charge < -0.3 is 25.6 Å². The molecule has 0 spiro atoms. The highest BCUT2D eigenvalue weighted by Gasteiger charge is 2.29. The van der Waals surface area contributed by atoms with Crippen LogP contribution in [-0.4, -0.2) is 35.6 Å². The molecule has 0 saturated carbocycles. The first kappa shape index (κ1) is 15.6. The van der Waals surface area contributed by atoms with Crippen LogP contribution in [-0.2, 0) is 6.54 Å². The van der Waals surface area contributed by atoms with Crippen LogP contribution in [0.5, 0.6) is 5.75 Å². The van der Waals surface area contributed by atoms with Crippen LogP contribution in [0.2, 0.25) is 0 Å². The van der Waals surface area contributed by atoms with Gasteiger partial charge in [-0.05, 0) is 30.2 Å². The Hall–Kier alpha value is -2.24. The molecule has 0 saturated heterocycles. The Morgan fingerprint density at radius 1 is 1.22 bits per heavy atom. The number of anilines is 2. The number of nitrogen functional groups attached to an aromatic ring is 1. The van der Waals surface area contributed by atoms with E-state index in [-0.39, 0.29) is 12.6 Å². The van der Waals surface area contributed by atoms with Crippen LogP contribution in [0, 0.1) is 0 Å². The zero-order valence-electron chi connectivity index (χ0n) is 12.9. The molecule has 3 rings (SSSR count). The second kappa shape index (κ2) is 6.89. The molecule has 122 valence electrons. The Morgan fingerprint density at radius 3 is 2.74 bits per heavy atom. The highest BCUT2D eigenvalue weighted by atomic mass is 16.5. The van der Waals surface area contributed by atoms with Crippen LogP contribution in [0.15, 0.2) is 48.5 Å². The predicted octanol–water partition coefficient (Wildman–Crippen LogP) is 1.78. The molecule has 0 fully saturated rings. The van der Waals surface area contributed by atoms with E-state index in [1.807, 2.05) is 36.4 Å². The lowest BCUT2D eigenvalue weighted by Gasteiger charge is -2.39. The number of ether oxygens (including phenoxy) is 1. The van der Waals surface area contributed by atoms with Gasteiger partial charge in [-0.1, -0.05) is 30.3 Å². The minimum Gasteiger partial charge on any atom is -0.489 e. The van der Waals surface area contributed by atoms with Crippen molar-refractivity contribution < 1.29 is 14.9 Å². The Kier molecular flexibility index (Phi) is 4.69. The van der Waals surface area contributed by atoms with Crippen molar-refractivity contribution >= 4 is 11.4 Å². The van der Waals surface area contributed by atoms with Crippen molar-refractivity contribution in [2.75, 3.05) is 23.8 Å². The summed E-state index contributed by atoms with van der Waals surface area (Å²) in [7, 11) is 0. The van der Waals surface area contributed by atoms with Gasteiger partial charge >= 0.3 is 0 Å². The summed E-state index contributed by atoms with van der Waals surface area (Å²) in [5.74, 6) is 0.796. The summed E-state index contributed by atoms with van der Waals surface area (Å²) in [6.07, 6.45) is -0.318. The molecule has 0 bridgehead atoms. The molecule has 1 heterocycles. The van der Waals surface area contributed by atoms with Crippen molar-refractivity contribution in [1.82, 2.24) is 0 Å². The number of aliphatic hydroxyl groups excluding tert-OH is 2. The van der Waals surface area contributed by atoms with Gasteiger partial charge in [-0.25, -0.2) is 0 Å². The maximum Gasteiger partial charge on any atom is 0.142 e. The van der Waals surface area contributed by atoms with Crippen molar-refractivity contribution in [3.05, 3.63) is 54.1 Å². The molecule has 1 aliphatic heterocycles. The Morgan fingerprint density at radius 2 is 2.00 bits per heavy atom. The van der Waals surface area contributed by atoms with E-state index >= 15 is 0 Å². The van der Waals surface area contributed by atoms with E-state index in [0.29, 0.717) is 25.3 Å². The number of fused-ring (bicyclic) bond motifs is 1. The molecule has 0 amide bonds. The average Bonchev–Trinajstić information content (AvgIpc) is 2.58. The number of hydrogen-bond donors (Lipinski definition) is 3. The Labute approximate surface area is 135 Å². The Balaban J connectivity index is 1.92. The van der Waals surface area contributed by atoms with E-state index < -0.39 is 6.10 Å². The van der Waals surface area contributed by atoms with Crippen molar-refractivity contribution in [2.24, 2.45) is 0 Å². The third-order valence-corrected chi connectivity index (χ3v) is 4.12. The van der Waals surface area contributed by atoms with Gasteiger partial charge in [0.1, 0.15) is 12.4 Å². The maximum atomic E-state index is 9.84. The van der Waals surface area contributed by atoms with Crippen molar-refractivity contribution in [3.63, 3.8) is 0 Å². The van der Waals surface area contributed by atoms with E-state index in [1.165, 1.54) is 5.56 Å². The molecule has 0 aliphatic carbocycles. The largest absolute Gasteiger partial charge is 0.489 e. The van der Waals surface area contributed by atoms with Gasteiger partial charge in [0.2, 0.25) is 0 Å². The van der Waals surface area contributed by atoms with E-state index in [9.17, 15) is 5.11 Å². The van der Waals surface area contributed by atoms with Gasteiger partial charge in [-0.3, -0.25) is 0 Å². The van der Waals surface area contributed by atoms with Crippen LogP contribution < -0.4 is 15.4 Å². The molecule has 0 radical (unpaired) electrons. The number of nitrogens with zero attached hydrogens (tertiary/aromatic N) is 1. The predicted molar refractivity (Wildman–Crippen MR) is 90.5 cm³/mol. The Bertz CT molecular complexity index is 648. The lowest BCUT2D eigenvalue weighted by Crippen LogP contribution is -2.45. The number of benzene rings is 2. The molecular weight excluding hydrogens is 292 g/mol. The molecule has 1 aliphatic rings. The topological polar surface area (TPSA) is 79.0 Å². The van der Waals surface area contributed by atoms with Crippen LogP contribution >= 0.6 is 0 Å². The normalized spacial score (nSPS) is 18.2. The summed E-state index contributed by atoms with van der Waals surface area (Å²) in [6.45, 7) is 0.920. The van der Waals surface area contributed by atoms with E-state index in [0.717, 1.165) is 11.4 Å². The van der Waals surface area contributed by atoms with E-state index in [1.54, 1.807) is 0 Å². The summed E-state index contributed by atoms with van der Waals surface area (Å²) >= 11 is 0. The van der Waals surface area contributed by atoms with Gasteiger partial charge in [0.05, 0.1) is 24.4 Å². The zero-order chi connectivity index (χ0) is 16.2. The lowest BCUT2D eigenvalue weighted by molar-refractivity contribution is 0.0741. The maximum absolute atomic E-state index is 9.84. The van der Waals surface area contributed by atoms with Crippen LogP contribution in [0.25, 0.3) is 0 Å². The first-order valence-electron chi connectivity index (χ1n) is 7.79. The summed E-state index contributed by atoms with van der Waals surface area (Å²) < 4.78 is 5.81. The van der Waals surface area contributed by atoms with Crippen molar-refractivity contribution in [3.8, 4) is 5.75 Å². The second-order valence-electron chi connectivity index (χ2n) is 5.88. The minimum atomic E-state index is -0.760. The van der Waals surface area contributed by atoms with Crippen LogP contribution in [0.4, 0.5) is 11.4 Å². The molecule has 2 unspecified atom stereocenters. The first-order valence-corrected chi connectivity index (χ1v) is 7.79. The van der Waals surface area contributed by atoms with Crippen molar-refractivity contribution in [1.29, 1.82) is 0 Å². The summed E-state index contributed by atoms with van der Waals surface area (Å²) in [5, 5.41) is 19.0. The molecule has 2 aromatic rings. The fourth-order valence-electron chi connectivity index (χ4n) is 2.93. The van der Waals surface area contributed by atoms with Gasteiger partial charge in [0.15, 0.2) is 0 Å². The molecule has 2 aromatic carbocycles. The number of aliphatic hydroxyl groups is 2. The molecule has 5 heteroatoms. The van der Waals surface area contributed by atoms with Gasteiger partial charge in [-0.15, -0.1) is 0 Å². The fraction of sp³-hybridized carbons (Fsp3) is 0.333. The average molecular weight is 314 g/mol. The smallest absolute Gasteiger partial charge is 0.142 e. The SMILES string of the molecule is Nc1ccc2c(c1)N(Cc1ccccc1)C(CC(O)CO)CO2. The summed E-state index contributed by atoms with van der Waals surface area (Å²) in [5.41, 5.74) is 8.71. The highest BCUT2D eigenvalue weighted by Crippen LogP contribution is 2.37. The molecule has 2 atom stereocenters. The number of nitrogens with two attached hydrogens (primary N) is 1. The molecule has 5 nitrogen and oxygen atoms in total. The van der Waals surface area contributed by atoms with Gasteiger partial charge in [-0.2, -0.15) is 0 Å².